The number of esters is 1. The minimum atomic E-state index is -1.14. The van der Waals surface area contributed by atoms with Crippen LogP contribution in [-0.4, -0.2) is 17.7 Å². The Balaban J connectivity index is 1.93. The highest BCUT2D eigenvalue weighted by Crippen LogP contribution is 2.26. The van der Waals surface area contributed by atoms with E-state index in [-0.39, 0.29) is 17.3 Å². The molecule has 30 heavy (non-hydrogen) atoms. The van der Waals surface area contributed by atoms with Crippen molar-refractivity contribution in [3.63, 3.8) is 0 Å². The molecule has 0 aliphatic heterocycles. The van der Waals surface area contributed by atoms with E-state index >= 15 is 0 Å². The molecule has 0 fully saturated rings. The predicted molar refractivity (Wildman–Crippen MR) is 116 cm³/mol. The number of Topliss-reactive ketones (excluding diaryl/α,β-unsaturated/α-hetero) is 1. The van der Waals surface area contributed by atoms with Gasteiger partial charge in [0.25, 0.3) is 0 Å². The van der Waals surface area contributed by atoms with Crippen LogP contribution in [0.25, 0.3) is 0 Å². The maximum atomic E-state index is 13.1. The minimum Gasteiger partial charge on any atom is -0.445 e. The Bertz CT molecular complexity index is 1080. The van der Waals surface area contributed by atoms with E-state index in [0.717, 1.165) is 5.56 Å². The lowest BCUT2D eigenvalue weighted by molar-refractivity contribution is -0.114. The second kappa shape index (κ2) is 9.37. The number of hydrogen-bond donors (Lipinski definition) is 1. The van der Waals surface area contributed by atoms with Crippen molar-refractivity contribution in [1.29, 1.82) is 0 Å². The third kappa shape index (κ3) is 5.13. The van der Waals surface area contributed by atoms with Crippen LogP contribution in [0.5, 0.6) is 0 Å². The van der Waals surface area contributed by atoms with Gasteiger partial charge in [0, 0.05) is 28.8 Å². The fourth-order valence-corrected chi connectivity index (χ4v) is 3.04. The van der Waals surface area contributed by atoms with Crippen LogP contribution in [0.4, 0.5) is 5.69 Å². The largest absolute Gasteiger partial charge is 0.445 e. The number of carbonyl (C=O) groups is 3. The van der Waals surface area contributed by atoms with E-state index in [2.05, 4.69) is 5.32 Å². The summed E-state index contributed by atoms with van der Waals surface area (Å²) >= 11 is 5.96. The molecule has 0 saturated carbocycles. The number of ketones is 1. The molecule has 5 nitrogen and oxygen atoms in total. The molecule has 0 aliphatic rings. The van der Waals surface area contributed by atoms with E-state index in [1.807, 2.05) is 6.92 Å². The average Bonchev–Trinajstić information content (AvgIpc) is 2.74. The fraction of sp³-hybridized carbons (Fsp3) is 0.125. The molecule has 0 heterocycles. The maximum absolute atomic E-state index is 13.1. The quantitative estimate of drug-likeness (QED) is 0.428. The zero-order valence-corrected chi connectivity index (χ0v) is 17.3. The maximum Gasteiger partial charge on any atom is 0.339 e. The van der Waals surface area contributed by atoms with Gasteiger partial charge in [0.15, 0.2) is 6.10 Å². The first kappa shape index (κ1) is 21.3. The zero-order valence-electron chi connectivity index (χ0n) is 16.5. The summed E-state index contributed by atoms with van der Waals surface area (Å²) in [6, 6.07) is 20.0. The molecule has 0 radical (unpaired) electrons. The second-order valence-electron chi connectivity index (χ2n) is 6.78. The molecule has 3 rings (SSSR count). The Labute approximate surface area is 179 Å². The summed E-state index contributed by atoms with van der Waals surface area (Å²) < 4.78 is 5.63. The van der Waals surface area contributed by atoms with E-state index in [0.29, 0.717) is 21.8 Å². The first-order valence-electron chi connectivity index (χ1n) is 9.29. The fourth-order valence-electron chi connectivity index (χ4n) is 2.91. The second-order valence-corrected chi connectivity index (χ2v) is 7.21. The summed E-state index contributed by atoms with van der Waals surface area (Å²) in [5.74, 6) is -1.27. The normalized spacial score (nSPS) is 11.4. The number of amides is 1. The van der Waals surface area contributed by atoms with Crippen molar-refractivity contribution >= 4 is 34.9 Å². The van der Waals surface area contributed by atoms with Gasteiger partial charge in [-0.15, -0.1) is 0 Å². The van der Waals surface area contributed by atoms with Crippen LogP contribution in [0.2, 0.25) is 5.02 Å². The van der Waals surface area contributed by atoms with E-state index in [9.17, 15) is 14.4 Å². The zero-order chi connectivity index (χ0) is 21.7. The van der Waals surface area contributed by atoms with Crippen LogP contribution in [-0.2, 0) is 9.53 Å². The summed E-state index contributed by atoms with van der Waals surface area (Å²) in [6.45, 7) is 3.20. The molecule has 0 aliphatic carbocycles. The molecule has 152 valence electrons. The van der Waals surface area contributed by atoms with E-state index < -0.39 is 12.1 Å². The Kier molecular flexibility index (Phi) is 6.65. The van der Waals surface area contributed by atoms with Gasteiger partial charge in [-0.2, -0.15) is 0 Å². The van der Waals surface area contributed by atoms with Crippen molar-refractivity contribution in [2.45, 2.75) is 20.0 Å². The Morgan fingerprint density at radius 3 is 2.20 bits per heavy atom. The monoisotopic (exact) mass is 421 g/mol. The average molecular weight is 422 g/mol. The Hall–Kier alpha value is -3.44. The van der Waals surface area contributed by atoms with Gasteiger partial charge in [-0.3, -0.25) is 9.59 Å². The van der Waals surface area contributed by atoms with Gasteiger partial charge in [0.1, 0.15) is 0 Å². The van der Waals surface area contributed by atoms with Gasteiger partial charge in [-0.1, -0.05) is 60.1 Å². The highest BCUT2D eigenvalue weighted by atomic mass is 35.5. The van der Waals surface area contributed by atoms with Crippen molar-refractivity contribution in [3.05, 3.63) is 100 Å². The number of hydrogen-bond acceptors (Lipinski definition) is 4. The molecule has 1 amide bonds. The van der Waals surface area contributed by atoms with Gasteiger partial charge >= 0.3 is 5.97 Å². The standard InChI is InChI=1S/C24H20ClNO4/c1-15-8-9-19(14-21(15)26-16(2)27)24(29)30-23(18-10-12-20(25)13-11-18)22(28)17-6-4-3-5-7-17/h3-14,23H,1-2H3,(H,26,27)/t23-/m1/s1. The molecule has 3 aromatic rings. The van der Waals surface area contributed by atoms with Crippen molar-refractivity contribution in [2.24, 2.45) is 0 Å². The van der Waals surface area contributed by atoms with Crippen molar-refractivity contribution in [2.75, 3.05) is 5.32 Å². The summed E-state index contributed by atoms with van der Waals surface area (Å²) in [7, 11) is 0. The van der Waals surface area contributed by atoms with E-state index in [1.165, 1.54) is 13.0 Å². The number of anilines is 1. The molecule has 6 heteroatoms. The number of nitrogens with one attached hydrogen (secondary N) is 1. The lowest BCUT2D eigenvalue weighted by Gasteiger charge is -2.18. The SMILES string of the molecule is CC(=O)Nc1cc(C(=O)O[C@@H](C(=O)c2ccccc2)c2ccc(Cl)cc2)ccc1C. The third-order valence-electron chi connectivity index (χ3n) is 4.48. The van der Waals surface area contributed by atoms with E-state index in [4.69, 9.17) is 16.3 Å². The summed E-state index contributed by atoms with van der Waals surface area (Å²) in [6.07, 6.45) is -1.14. The lowest BCUT2D eigenvalue weighted by atomic mass is 9.99. The lowest BCUT2D eigenvalue weighted by Crippen LogP contribution is -2.20. The molecule has 3 aromatic carbocycles. The predicted octanol–water partition coefficient (Wildman–Crippen LogP) is 5.39. The Morgan fingerprint density at radius 2 is 1.57 bits per heavy atom. The highest BCUT2D eigenvalue weighted by Gasteiger charge is 2.27. The van der Waals surface area contributed by atoms with Crippen LogP contribution in [0, 0.1) is 6.92 Å². The molecule has 0 spiro atoms. The topological polar surface area (TPSA) is 72.5 Å². The molecular formula is C24H20ClNO4. The van der Waals surface area contributed by atoms with Crippen LogP contribution in [0.1, 0.15) is 44.9 Å². The number of carbonyl (C=O) groups excluding carboxylic acids is 3. The van der Waals surface area contributed by atoms with Crippen LogP contribution >= 0.6 is 11.6 Å². The number of rotatable bonds is 6. The Morgan fingerprint density at radius 1 is 0.900 bits per heavy atom. The molecule has 0 bridgehead atoms. The minimum absolute atomic E-state index is 0.226. The first-order valence-corrected chi connectivity index (χ1v) is 9.67. The number of ether oxygens (including phenoxy) is 1. The van der Waals surface area contributed by atoms with Gasteiger partial charge in [-0.05, 0) is 36.8 Å². The van der Waals surface area contributed by atoms with Gasteiger partial charge in [-0.25, -0.2) is 4.79 Å². The molecule has 1 atom stereocenters. The van der Waals surface area contributed by atoms with Crippen LogP contribution in [0.15, 0.2) is 72.8 Å². The summed E-state index contributed by atoms with van der Waals surface area (Å²) in [4.78, 5) is 37.4. The summed E-state index contributed by atoms with van der Waals surface area (Å²) in [5, 5.41) is 3.19. The first-order chi connectivity index (χ1) is 14.3. The summed E-state index contributed by atoms with van der Waals surface area (Å²) in [5.41, 5.74) is 2.47. The van der Waals surface area contributed by atoms with Crippen molar-refractivity contribution in [1.82, 2.24) is 0 Å². The van der Waals surface area contributed by atoms with Crippen molar-refractivity contribution in [3.8, 4) is 0 Å². The molecule has 0 saturated heterocycles. The van der Waals surface area contributed by atoms with Crippen molar-refractivity contribution < 1.29 is 19.1 Å². The van der Waals surface area contributed by atoms with Gasteiger partial charge < -0.3 is 10.1 Å². The van der Waals surface area contributed by atoms with Gasteiger partial charge in [0.05, 0.1) is 5.56 Å². The van der Waals surface area contributed by atoms with Gasteiger partial charge in [0.2, 0.25) is 11.7 Å². The number of benzene rings is 3. The number of aryl methyl sites for hydroxylation is 1. The molecular weight excluding hydrogens is 402 g/mol. The highest BCUT2D eigenvalue weighted by molar-refractivity contribution is 6.30. The van der Waals surface area contributed by atoms with Crippen LogP contribution < -0.4 is 5.32 Å². The molecule has 1 N–H and O–H groups in total. The molecule has 0 aromatic heterocycles. The molecule has 0 unspecified atom stereocenters. The number of halogens is 1. The van der Waals surface area contributed by atoms with Crippen LogP contribution in [0.3, 0.4) is 0 Å². The third-order valence-corrected chi connectivity index (χ3v) is 4.73. The smallest absolute Gasteiger partial charge is 0.339 e. The van der Waals surface area contributed by atoms with E-state index in [1.54, 1.807) is 66.7 Å².